The average molecular weight is 248 g/mol. The molecule has 0 heterocycles. The third-order valence-electron chi connectivity index (χ3n) is 3.52. The van der Waals surface area contributed by atoms with Crippen LogP contribution in [0.4, 0.5) is 0 Å². The van der Waals surface area contributed by atoms with Gasteiger partial charge in [-0.1, -0.05) is 43.7 Å². The molecular formula is C16H28N2. The zero-order valence-electron chi connectivity index (χ0n) is 12.5. The van der Waals surface area contributed by atoms with Gasteiger partial charge in [0.05, 0.1) is 0 Å². The number of nitrogens with zero attached hydrogens (tertiary/aromatic N) is 1. The molecule has 1 aromatic carbocycles. The van der Waals surface area contributed by atoms with Gasteiger partial charge < -0.3 is 10.6 Å². The number of likely N-dealkylation sites (N-methyl/N-ethyl adjacent to an activating group) is 1. The van der Waals surface area contributed by atoms with Crippen molar-refractivity contribution in [3.05, 3.63) is 35.4 Å². The first kappa shape index (κ1) is 15.2. The van der Waals surface area contributed by atoms with E-state index >= 15 is 0 Å². The lowest BCUT2D eigenvalue weighted by molar-refractivity contribution is 0.216. The van der Waals surface area contributed by atoms with Crippen molar-refractivity contribution < 1.29 is 0 Å². The monoisotopic (exact) mass is 248 g/mol. The van der Waals surface area contributed by atoms with Gasteiger partial charge in [0, 0.05) is 18.6 Å². The fraction of sp³-hybridized carbons (Fsp3) is 0.625. The zero-order chi connectivity index (χ0) is 13.7. The maximum atomic E-state index is 6.29. The van der Waals surface area contributed by atoms with Crippen LogP contribution < -0.4 is 5.73 Å². The molecule has 0 saturated heterocycles. The zero-order valence-corrected chi connectivity index (χ0v) is 12.5. The second-order valence-electron chi connectivity index (χ2n) is 5.94. The van der Waals surface area contributed by atoms with Crippen LogP contribution in [0.25, 0.3) is 0 Å². The van der Waals surface area contributed by atoms with Crippen molar-refractivity contribution in [2.75, 3.05) is 13.6 Å². The summed E-state index contributed by atoms with van der Waals surface area (Å²) in [4.78, 5) is 2.37. The van der Waals surface area contributed by atoms with Crippen molar-refractivity contribution in [2.45, 2.75) is 46.2 Å². The van der Waals surface area contributed by atoms with Gasteiger partial charge in [-0.05, 0) is 38.8 Å². The summed E-state index contributed by atoms with van der Waals surface area (Å²) in [6.45, 7) is 9.84. The summed E-state index contributed by atoms with van der Waals surface area (Å²) >= 11 is 0. The predicted molar refractivity (Wildman–Crippen MR) is 79.7 cm³/mol. The predicted octanol–water partition coefficient (Wildman–Crippen LogP) is 3.36. The van der Waals surface area contributed by atoms with Crippen LogP contribution in [0.15, 0.2) is 24.3 Å². The number of nitrogens with two attached hydrogens (primary N) is 1. The molecule has 0 bridgehead atoms. The molecular weight excluding hydrogens is 220 g/mol. The van der Waals surface area contributed by atoms with Crippen LogP contribution in [-0.2, 0) is 0 Å². The Labute approximate surface area is 112 Å². The van der Waals surface area contributed by atoms with Crippen LogP contribution in [0.5, 0.6) is 0 Å². The van der Waals surface area contributed by atoms with Gasteiger partial charge in [0.2, 0.25) is 0 Å². The minimum atomic E-state index is 0.101. The molecule has 2 unspecified atom stereocenters. The van der Waals surface area contributed by atoms with Crippen molar-refractivity contribution in [2.24, 2.45) is 11.7 Å². The van der Waals surface area contributed by atoms with Crippen molar-refractivity contribution in [1.82, 2.24) is 4.90 Å². The lowest BCUT2D eigenvalue weighted by atomic mass is 10.0. The fourth-order valence-electron chi connectivity index (χ4n) is 2.36. The maximum absolute atomic E-state index is 6.29. The van der Waals surface area contributed by atoms with Crippen molar-refractivity contribution in [3.63, 3.8) is 0 Å². The van der Waals surface area contributed by atoms with E-state index in [-0.39, 0.29) is 6.04 Å². The van der Waals surface area contributed by atoms with Gasteiger partial charge in [-0.25, -0.2) is 0 Å². The normalized spacial score (nSPS) is 15.1. The van der Waals surface area contributed by atoms with E-state index in [0.29, 0.717) is 6.04 Å². The summed E-state index contributed by atoms with van der Waals surface area (Å²) in [6.07, 6.45) is 1.22. The lowest BCUT2D eigenvalue weighted by Crippen LogP contribution is -2.36. The quantitative estimate of drug-likeness (QED) is 0.836. The molecule has 0 aliphatic heterocycles. The molecule has 0 aromatic heterocycles. The molecule has 0 radical (unpaired) electrons. The molecule has 102 valence electrons. The fourth-order valence-corrected chi connectivity index (χ4v) is 2.36. The molecule has 0 fully saturated rings. The van der Waals surface area contributed by atoms with Crippen LogP contribution in [-0.4, -0.2) is 24.5 Å². The van der Waals surface area contributed by atoms with E-state index in [1.54, 1.807) is 0 Å². The molecule has 1 aromatic rings. The summed E-state index contributed by atoms with van der Waals surface area (Å²) in [5.74, 6) is 0.734. The molecule has 0 amide bonds. The van der Waals surface area contributed by atoms with Crippen molar-refractivity contribution >= 4 is 0 Å². The second kappa shape index (κ2) is 6.91. The Balaban J connectivity index is 2.56. The van der Waals surface area contributed by atoms with Crippen LogP contribution in [0.2, 0.25) is 0 Å². The van der Waals surface area contributed by atoms with Gasteiger partial charge in [0.15, 0.2) is 0 Å². The van der Waals surface area contributed by atoms with Crippen LogP contribution in [0.1, 0.15) is 44.4 Å². The highest BCUT2D eigenvalue weighted by Gasteiger charge is 2.15. The van der Waals surface area contributed by atoms with Crippen LogP contribution in [0.3, 0.4) is 0 Å². The number of aryl methyl sites for hydroxylation is 1. The number of hydrogen-bond acceptors (Lipinski definition) is 2. The van der Waals surface area contributed by atoms with Gasteiger partial charge in [-0.3, -0.25) is 0 Å². The first-order valence-electron chi connectivity index (χ1n) is 6.92. The Hall–Kier alpha value is -0.860. The Morgan fingerprint density at radius 3 is 2.44 bits per heavy atom. The molecule has 2 nitrogen and oxygen atoms in total. The van der Waals surface area contributed by atoms with Crippen LogP contribution >= 0.6 is 0 Å². The highest BCUT2D eigenvalue weighted by Crippen LogP contribution is 2.16. The standard InChI is InChI=1S/C16H28N2/c1-12(2)9-14(4)18(5)11-16(17)15-8-6-7-13(3)10-15/h6-8,10,12,14,16H,9,11,17H2,1-5H3. The molecule has 2 heteroatoms. The van der Waals surface area contributed by atoms with E-state index in [0.717, 1.165) is 12.5 Å². The summed E-state index contributed by atoms with van der Waals surface area (Å²) < 4.78 is 0. The van der Waals surface area contributed by atoms with Crippen LogP contribution in [0, 0.1) is 12.8 Å². The van der Waals surface area contributed by atoms with Gasteiger partial charge in [0.25, 0.3) is 0 Å². The number of rotatable bonds is 6. The maximum Gasteiger partial charge on any atom is 0.0424 e. The van der Waals surface area contributed by atoms with Gasteiger partial charge >= 0.3 is 0 Å². The molecule has 0 aliphatic carbocycles. The van der Waals surface area contributed by atoms with E-state index < -0.39 is 0 Å². The first-order chi connectivity index (χ1) is 8.40. The summed E-state index contributed by atoms with van der Waals surface area (Å²) in [5, 5.41) is 0. The summed E-state index contributed by atoms with van der Waals surface area (Å²) in [6, 6.07) is 9.19. The van der Waals surface area contributed by atoms with E-state index in [1.807, 2.05) is 0 Å². The highest BCUT2D eigenvalue weighted by atomic mass is 15.1. The third-order valence-corrected chi connectivity index (χ3v) is 3.52. The lowest BCUT2D eigenvalue weighted by Gasteiger charge is -2.28. The summed E-state index contributed by atoms with van der Waals surface area (Å²) in [5.41, 5.74) is 8.81. The molecule has 1 rings (SSSR count). The Morgan fingerprint density at radius 2 is 1.89 bits per heavy atom. The highest BCUT2D eigenvalue weighted by molar-refractivity contribution is 5.25. The van der Waals surface area contributed by atoms with Gasteiger partial charge in [-0.2, -0.15) is 0 Å². The van der Waals surface area contributed by atoms with E-state index in [4.69, 9.17) is 5.73 Å². The first-order valence-corrected chi connectivity index (χ1v) is 6.92. The smallest absolute Gasteiger partial charge is 0.0424 e. The minimum absolute atomic E-state index is 0.101. The number of benzene rings is 1. The molecule has 0 saturated carbocycles. The SMILES string of the molecule is Cc1cccc(C(N)CN(C)C(C)CC(C)C)c1. The van der Waals surface area contributed by atoms with E-state index in [1.165, 1.54) is 17.5 Å². The molecule has 0 aliphatic rings. The van der Waals surface area contributed by atoms with Gasteiger partial charge in [0.1, 0.15) is 0 Å². The summed E-state index contributed by atoms with van der Waals surface area (Å²) in [7, 11) is 2.17. The molecule has 0 spiro atoms. The largest absolute Gasteiger partial charge is 0.323 e. The van der Waals surface area contributed by atoms with Crippen molar-refractivity contribution in [3.8, 4) is 0 Å². The molecule has 18 heavy (non-hydrogen) atoms. The minimum Gasteiger partial charge on any atom is -0.323 e. The Kier molecular flexibility index (Phi) is 5.83. The Bertz CT molecular complexity index is 360. The third kappa shape index (κ3) is 4.79. The van der Waals surface area contributed by atoms with E-state index in [2.05, 4.69) is 63.9 Å². The van der Waals surface area contributed by atoms with Crippen molar-refractivity contribution in [1.29, 1.82) is 0 Å². The molecule has 2 atom stereocenters. The molecule has 2 N–H and O–H groups in total. The topological polar surface area (TPSA) is 29.3 Å². The Morgan fingerprint density at radius 1 is 1.22 bits per heavy atom. The number of hydrogen-bond donors (Lipinski definition) is 1. The second-order valence-corrected chi connectivity index (χ2v) is 5.94. The van der Waals surface area contributed by atoms with E-state index in [9.17, 15) is 0 Å². The average Bonchev–Trinajstić information content (AvgIpc) is 2.27. The van der Waals surface area contributed by atoms with Gasteiger partial charge in [-0.15, -0.1) is 0 Å².